The molecule has 130 valence electrons. The van der Waals surface area contributed by atoms with Crippen LogP contribution in [0, 0.1) is 6.92 Å². The summed E-state index contributed by atoms with van der Waals surface area (Å²) >= 11 is 5.98. The minimum absolute atomic E-state index is 0.0384. The van der Waals surface area contributed by atoms with Crippen LogP contribution in [0.2, 0.25) is 5.02 Å². The predicted molar refractivity (Wildman–Crippen MR) is 95.8 cm³/mol. The van der Waals surface area contributed by atoms with Crippen LogP contribution >= 0.6 is 11.6 Å². The topological polar surface area (TPSA) is 68.5 Å². The van der Waals surface area contributed by atoms with Gasteiger partial charge in [-0.25, -0.2) is 0 Å². The maximum absolute atomic E-state index is 11.9. The second kappa shape index (κ2) is 7.98. The van der Waals surface area contributed by atoms with Crippen LogP contribution in [0.15, 0.2) is 42.6 Å². The number of ether oxygens (including phenoxy) is 1. The highest BCUT2D eigenvalue weighted by Gasteiger charge is 2.07. The van der Waals surface area contributed by atoms with Gasteiger partial charge in [-0.15, -0.1) is 10.2 Å². The molecule has 2 aromatic heterocycles. The third-order valence-corrected chi connectivity index (χ3v) is 4.20. The standard InChI is InChI=1S/C18H19ClN4O2/c1-13-11-14(7-8-15(13)19)25-10-4-6-18(24)20-12-17-22-21-16-5-2-3-9-23(16)17/h2-3,5,7-9,11H,4,6,10,12H2,1H3,(H,20,24). The fourth-order valence-corrected chi connectivity index (χ4v) is 2.52. The van der Waals surface area contributed by atoms with E-state index in [1.165, 1.54) is 0 Å². The van der Waals surface area contributed by atoms with Crippen molar-refractivity contribution in [3.63, 3.8) is 0 Å². The van der Waals surface area contributed by atoms with E-state index in [9.17, 15) is 4.79 Å². The van der Waals surface area contributed by atoms with Crippen LogP contribution in [0.25, 0.3) is 5.65 Å². The maximum Gasteiger partial charge on any atom is 0.220 e. The van der Waals surface area contributed by atoms with Gasteiger partial charge in [0, 0.05) is 17.6 Å². The number of carbonyl (C=O) groups is 1. The summed E-state index contributed by atoms with van der Waals surface area (Å²) in [5, 5.41) is 11.7. The molecule has 25 heavy (non-hydrogen) atoms. The molecule has 3 aromatic rings. The molecule has 1 amide bonds. The molecule has 1 aromatic carbocycles. The number of hydrogen-bond acceptors (Lipinski definition) is 4. The van der Waals surface area contributed by atoms with Crippen molar-refractivity contribution < 1.29 is 9.53 Å². The third-order valence-electron chi connectivity index (χ3n) is 3.77. The van der Waals surface area contributed by atoms with Crippen LogP contribution in [0.1, 0.15) is 24.2 Å². The van der Waals surface area contributed by atoms with E-state index in [1.54, 1.807) is 0 Å². The Bertz CT molecular complexity index is 878. The van der Waals surface area contributed by atoms with E-state index in [2.05, 4.69) is 15.5 Å². The minimum Gasteiger partial charge on any atom is -0.494 e. The van der Waals surface area contributed by atoms with Crippen molar-refractivity contribution in [2.75, 3.05) is 6.61 Å². The second-order valence-corrected chi connectivity index (χ2v) is 6.09. The van der Waals surface area contributed by atoms with Gasteiger partial charge in [0.05, 0.1) is 13.2 Å². The van der Waals surface area contributed by atoms with E-state index in [4.69, 9.17) is 16.3 Å². The molecular weight excluding hydrogens is 340 g/mol. The lowest BCUT2D eigenvalue weighted by Crippen LogP contribution is -2.24. The molecule has 0 fully saturated rings. The molecule has 0 aliphatic heterocycles. The van der Waals surface area contributed by atoms with Gasteiger partial charge in [-0.1, -0.05) is 17.7 Å². The first-order valence-electron chi connectivity index (χ1n) is 8.08. The molecular formula is C18H19ClN4O2. The number of aryl methyl sites for hydroxylation is 1. The quantitative estimate of drug-likeness (QED) is 0.659. The van der Waals surface area contributed by atoms with Gasteiger partial charge >= 0.3 is 0 Å². The van der Waals surface area contributed by atoms with E-state index in [-0.39, 0.29) is 5.91 Å². The predicted octanol–water partition coefficient (Wildman–Crippen LogP) is 3.17. The Hall–Kier alpha value is -2.60. The number of amides is 1. The summed E-state index contributed by atoms with van der Waals surface area (Å²) in [7, 11) is 0. The van der Waals surface area contributed by atoms with Crippen LogP contribution < -0.4 is 10.1 Å². The highest BCUT2D eigenvalue weighted by molar-refractivity contribution is 6.31. The lowest BCUT2D eigenvalue weighted by atomic mass is 10.2. The molecule has 0 spiro atoms. The Kier molecular flexibility index (Phi) is 5.50. The average molecular weight is 359 g/mol. The molecule has 0 aliphatic carbocycles. The molecule has 0 aliphatic rings. The summed E-state index contributed by atoms with van der Waals surface area (Å²) in [5.74, 6) is 1.43. The fraction of sp³-hybridized carbons (Fsp3) is 0.278. The van der Waals surface area contributed by atoms with Gasteiger partial charge in [0.2, 0.25) is 5.91 Å². The van der Waals surface area contributed by atoms with E-state index < -0.39 is 0 Å². The number of aromatic nitrogens is 3. The molecule has 0 bridgehead atoms. The van der Waals surface area contributed by atoms with Gasteiger partial charge in [0.1, 0.15) is 5.75 Å². The fourth-order valence-electron chi connectivity index (χ4n) is 2.41. The molecule has 0 saturated carbocycles. The number of carbonyl (C=O) groups excluding carboxylic acids is 1. The zero-order chi connectivity index (χ0) is 17.6. The first kappa shape index (κ1) is 17.2. The molecule has 7 heteroatoms. The SMILES string of the molecule is Cc1cc(OCCCC(=O)NCc2nnc3ccccn23)ccc1Cl. The van der Waals surface area contributed by atoms with Crippen molar-refractivity contribution in [1.29, 1.82) is 0 Å². The van der Waals surface area contributed by atoms with Crippen molar-refractivity contribution >= 4 is 23.2 Å². The molecule has 6 nitrogen and oxygen atoms in total. The van der Waals surface area contributed by atoms with Gasteiger partial charge in [0.25, 0.3) is 0 Å². The number of fused-ring (bicyclic) bond motifs is 1. The zero-order valence-electron chi connectivity index (χ0n) is 13.9. The van der Waals surface area contributed by atoms with E-state index in [0.29, 0.717) is 36.8 Å². The second-order valence-electron chi connectivity index (χ2n) is 5.68. The average Bonchev–Trinajstić information content (AvgIpc) is 3.03. The summed E-state index contributed by atoms with van der Waals surface area (Å²) in [5.41, 5.74) is 1.73. The lowest BCUT2D eigenvalue weighted by molar-refractivity contribution is -0.121. The molecule has 0 atom stereocenters. The van der Waals surface area contributed by atoms with Crippen LogP contribution in [0.5, 0.6) is 5.75 Å². The lowest BCUT2D eigenvalue weighted by Gasteiger charge is -2.08. The highest BCUT2D eigenvalue weighted by Crippen LogP contribution is 2.21. The van der Waals surface area contributed by atoms with Crippen molar-refractivity contribution in [1.82, 2.24) is 19.9 Å². The van der Waals surface area contributed by atoms with Gasteiger partial charge in [-0.05, 0) is 49.2 Å². The largest absolute Gasteiger partial charge is 0.494 e. The van der Waals surface area contributed by atoms with Crippen molar-refractivity contribution in [2.45, 2.75) is 26.3 Å². The summed E-state index contributed by atoms with van der Waals surface area (Å²) in [6.07, 6.45) is 2.90. The van der Waals surface area contributed by atoms with Gasteiger partial charge < -0.3 is 10.1 Å². The molecule has 2 heterocycles. The first-order chi connectivity index (χ1) is 12.1. The van der Waals surface area contributed by atoms with Crippen molar-refractivity contribution in [2.24, 2.45) is 0 Å². The van der Waals surface area contributed by atoms with E-state index >= 15 is 0 Å². The Morgan fingerprint density at radius 3 is 3.00 bits per heavy atom. The van der Waals surface area contributed by atoms with Gasteiger partial charge in [-0.3, -0.25) is 9.20 Å². The number of pyridine rings is 1. The summed E-state index contributed by atoms with van der Waals surface area (Å²) in [4.78, 5) is 11.9. The normalized spacial score (nSPS) is 10.8. The van der Waals surface area contributed by atoms with Crippen LogP contribution in [-0.2, 0) is 11.3 Å². The van der Waals surface area contributed by atoms with Crippen molar-refractivity contribution in [3.05, 3.63) is 59.0 Å². The van der Waals surface area contributed by atoms with E-state index in [1.807, 2.05) is 53.9 Å². The Balaban J connectivity index is 1.40. The number of nitrogens with zero attached hydrogens (tertiary/aromatic N) is 3. The smallest absolute Gasteiger partial charge is 0.220 e. The first-order valence-corrected chi connectivity index (χ1v) is 8.45. The number of hydrogen-bond donors (Lipinski definition) is 1. The maximum atomic E-state index is 11.9. The minimum atomic E-state index is -0.0384. The monoisotopic (exact) mass is 358 g/mol. The van der Waals surface area contributed by atoms with Crippen LogP contribution in [0.4, 0.5) is 0 Å². The van der Waals surface area contributed by atoms with E-state index in [0.717, 1.165) is 17.0 Å². The summed E-state index contributed by atoms with van der Waals surface area (Å²) in [6.45, 7) is 2.75. The Labute approximate surface area is 150 Å². The molecule has 3 rings (SSSR count). The third kappa shape index (κ3) is 4.48. The van der Waals surface area contributed by atoms with Gasteiger partial charge in [-0.2, -0.15) is 0 Å². The number of nitrogens with one attached hydrogen (secondary N) is 1. The number of benzene rings is 1. The molecule has 1 N–H and O–H groups in total. The summed E-state index contributed by atoms with van der Waals surface area (Å²) in [6, 6.07) is 11.2. The van der Waals surface area contributed by atoms with Crippen LogP contribution in [-0.4, -0.2) is 27.1 Å². The molecule has 0 saturated heterocycles. The highest BCUT2D eigenvalue weighted by atomic mass is 35.5. The van der Waals surface area contributed by atoms with Gasteiger partial charge in [0.15, 0.2) is 11.5 Å². The van der Waals surface area contributed by atoms with Crippen LogP contribution in [0.3, 0.4) is 0 Å². The zero-order valence-corrected chi connectivity index (χ0v) is 14.7. The number of rotatable bonds is 7. The molecule has 0 radical (unpaired) electrons. The molecule has 0 unspecified atom stereocenters. The Morgan fingerprint density at radius 2 is 2.16 bits per heavy atom. The summed E-state index contributed by atoms with van der Waals surface area (Å²) < 4.78 is 7.49. The Morgan fingerprint density at radius 1 is 1.28 bits per heavy atom. The van der Waals surface area contributed by atoms with Crippen molar-refractivity contribution in [3.8, 4) is 5.75 Å². The number of halogens is 1.